The van der Waals surface area contributed by atoms with Crippen LogP contribution in [-0.4, -0.2) is 46.7 Å². The molecule has 1 aromatic carbocycles. The third kappa shape index (κ3) is 6.44. The lowest BCUT2D eigenvalue weighted by atomic mass is 10.1. The van der Waals surface area contributed by atoms with Crippen LogP contribution in [0.4, 0.5) is 21.5 Å². The van der Waals surface area contributed by atoms with E-state index in [1.807, 2.05) is 6.92 Å². The minimum Gasteiger partial charge on any atom is -0.371 e. The van der Waals surface area contributed by atoms with Crippen molar-refractivity contribution < 1.29 is 17.6 Å². The van der Waals surface area contributed by atoms with Crippen LogP contribution in [0.1, 0.15) is 14.5 Å². The van der Waals surface area contributed by atoms with E-state index in [1.165, 1.54) is 47.7 Å². The molecule has 3 aromatic rings. The van der Waals surface area contributed by atoms with Gasteiger partial charge in [0.15, 0.2) is 5.82 Å². The first-order chi connectivity index (χ1) is 16.8. The molecular formula is C24H28ClFN4O3S2Si. The van der Waals surface area contributed by atoms with Crippen molar-refractivity contribution in [3.8, 4) is 11.3 Å². The maximum Gasteiger partial charge on any atom is 0.265 e. The van der Waals surface area contributed by atoms with Gasteiger partial charge in [-0.1, -0.05) is 24.7 Å². The molecule has 1 aliphatic rings. The van der Waals surface area contributed by atoms with Gasteiger partial charge in [0.25, 0.3) is 5.91 Å². The molecule has 36 heavy (non-hydrogen) atoms. The van der Waals surface area contributed by atoms with Crippen molar-refractivity contribution in [3.63, 3.8) is 0 Å². The lowest BCUT2D eigenvalue weighted by Gasteiger charge is -2.36. The molecule has 2 aromatic heterocycles. The van der Waals surface area contributed by atoms with Gasteiger partial charge in [0.2, 0.25) is 10.0 Å². The normalized spacial score (nSPS) is 15.6. The Morgan fingerprint density at radius 3 is 2.44 bits per heavy atom. The zero-order valence-electron chi connectivity index (χ0n) is 20.5. The first-order valence-electron chi connectivity index (χ1n) is 11.4. The minimum atomic E-state index is -3.51. The van der Waals surface area contributed by atoms with Crippen LogP contribution in [-0.2, 0) is 10.0 Å². The highest BCUT2D eigenvalue weighted by Gasteiger charge is 2.28. The summed E-state index contributed by atoms with van der Waals surface area (Å²) >= 11 is 7.31. The highest BCUT2D eigenvalue weighted by Crippen LogP contribution is 2.34. The largest absolute Gasteiger partial charge is 0.371 e. The number of rotatable bonds is 6. The fraction of sp³-hybridized carbons (Fsp3) is 0.333. The zero-order chi connectivity index (χ0) is 26.3. The van der Waals surface area contributed by atoms with Crippen molar-refractivity contribution in [1.29, 1.82) is 0 Å². The van der Waals surface area contributed by atoms with Gasteiger partial charge in [-0.15, -0.1) is 11.3 Å². The van der Waals surface area contributed by atoms with E-state index in [-0.39, 0.29) is 16.4 Å². The van der Waals surface area contributed by atoms with Crippen LogP contribution < -0.4 is 14.9 Å². The number of pyridine rings is 1. The highest BCUT2D eigenvalue weighted by atomic mass is 35.5. The van der Waals surface area contributed by atoms with Gasteiger partial charge in [0, 0.05) is 40.3 Å². The third-order valence-electron chi connectivity index (χ3n) is 6.16. The number of thiophene rings is 1. The quantitative estimate of drug-likeness (QED) is 0.354. The average molecular weight is 567 g/mol. The summed E-state index contributed by atoms with van der Waals surface area (Å²) in [5, 5.41) is 2.98. The number of anilines is 3. The molecule has 0 bridgehead atoms. The lowest BCUT2D eigenvalue weighted by molar-refractivity contribution is 0.103. The molecule has 0 unspecified atom stereocenters. The minimum absolute atomic E-state index is 0.209. The number of carbonyl (C=O) groups excluding carboxylic acids is 1. The van der Waals surface area contributed by atoms with Gasteiger partial charge in [0.1, 0.15) is 5.69 Å². The summed E-state index contributed by atoms with van der Waals surface area (Å²) in [7, 11) is -4.64. The molecule has 7 nitrogen and oxygen atoms in total. The van der Waals surface area contributed by atoms with Crippen molar-refractivity contribution in [3.05, 3.63) is 57.1 Å². The Kier molecular flexibility index (Phi) is 7.47. The predicted molar refractivity (Wildman–Crippen MR) is 149 cm³/mol. The van der Waals surface area contributed by atoms with E-state index in [4.69, 9.17) is 11.6 Å². The number of hydrogen-bond acceptors (Lipinski definition) is 6. The molecule has 0 radical (unpaired) electrons. The van der Waals surface area contributed by atoms with Gasteiger partial charge in [-0.3, -0.25) is 14.5 Å². The first-order valence-corrected chi connectivity index (χ1v) is 17.9. The Hall–Kier alpha value is -2.47. The Labute approximate surface area is 220 Å². The molecule has 192 valence electrons. The smallest absolute Gasteiger partial charge is 0.265 e. The van der Waals surface area contributed by atoms with Gasteiger partial charge < -0.3 is 10.2 Å². The number of benzene rings is 1. The topological polar surface area (TPSA) is 91.4 Å². The molecule has 2 N–H and O–H groups in total. The molecule has 4 rings (SSSR count). The van der Waals surface area contributed by atoms with E-state index < -0.39 is 29.8 Å². The number of carbonyl (C=O) groups is 1. The molecular weight excluding hydrogens is 539 g/mol. The van der Waals surface area contributed by atoms with Gasteiger partial charge in [-0.25, -0.2) is 12.8 Å². The van der Waals surface area contributed by atoms with E-state index in [2.05, 4.69) is 33.0 Å². The van der Waals surface area contributed by atoms with E-state index in [0.717, 1.165) is 29.9 Å². The predicted octanol–water partition coefficient (Wildman–Crippen LogP) is 6.06. The van der Waals surface area contributed by atoms with Crippen molar-refractivity contribution in [2.24, 2.45) is 0 Å². The van der Waals surface area contributed by atoms with E-state index in [9.17, 15) is 13.2 Å². The van der Waals surface area contributed by atoms with Crippen molar-refractivity contribution in [2.75, 3.05) is 34.3 Å². The third-order valence-corrected chi connectivity index (χ3v) is 11.2. The monoisotopic (exact) mass is 566 g/mol. The summed E-state index contributed by atoms with van der Waals surface area (Å²) in [4.78, 5) is 20.7. The maximum atomic E-state index is 15.2. The summed E-state index contributed by atoms with van der Waals surface area (Å²) in [6.45, 7) is 8.43. The van der Waals surface area contributed by atoms with E-state index in [0.29, 0.717) is 16.1 Å². The molecule has 0 aliphatic carbocycles. The van der Waals surface area contributed by atoms with Crippen molar-refractivity contribution in [1.82, 2.24) is 4.98 Å². The van der Waals surface area contributed by atoms with Gasteiger partial charge >= 0.3 is 0 Å². The van der Waals surface area contributed by atoms with Crippen LogP contribution >= 0.6 is 22.9 Å². The molecule has 3 heterocycles. The Morgan fingerprint density at radius 1 is 1.14 bits per heavy atom. The molecule has 0 atom stereocenters. The number of nitrogens with zero attached hydrogens (tertiary/aromatic N) is 2. The first kappa shape index (κ1) is 26.6. The summed E-state index contributed by atoms with van der Waals surface area (Å²) < 4.78 is 40.6. The second-order valence-corrected chi connectivity index (χ2v) is 18.6. The number of aryl methyl sites for hydroxylation is 1. The van der Waals surface area contributed by atoms with Crippen LogP contribution in [0, 0.1) is 12.7 Å². The number of halogens is 2. The SMILES string of the molecule is Cc1sc(C(=O)Nc2cc(Cl)cc(NS(C)(=O)=O)c2)cc1-c1ncc(N2CC[Si](C)(C)CC2)cc1F. The van der Waals surface area contributed by atoms with E-state index >= 15 is 4.39 Å². The Balaban J connectivity index is 1.52. The number of amides is 1. The summed E-state index contributed by atoms with van der Waals surface area (Å²) in [6.07, 6.45) is 2.73. The van der Waals surface area contributed by atoms with Crippen LogP contribution in [0.3, 0.4) is 0 Å². The van der Waals surface area contributed by atoms with E-state index in [1.54, 1.807) is 12.3 Å². The van der Waals surface area contributed by atoms with Gasteiger partial charge in [0.05, 0.1) is 36.8 Å². The Bertz CT molecular complexity index is 1420. The number of nitrogens with one attached hydrogen (secondary N) is 2. The molecule has 0 saturated carbocycles. The standard InChI is InChI=1S/C24H28ClFN4O3S2Si/c1-15-20(23-21(26)12-19(14-27-23)30-5-7-36(3,4)8-6-30)13-22(34-15)24(31)28-17-9-16(25)10-18(11-17)29-35(2,32)33/h9-14,29H,5-8H2,1-4H3,(H,28,31). The molecule has 1 aliphatic heterocycles. The van der Waals surface area contributed by atoms with Gasteiger partial charge in [-0.2, -0.15) is 0 Å². The number of sulfonamides is 1. The second-order valence-electron chi connectivity index (χ2n) is 9.81. The lowest BCUT2D eigenvalue weighted by Crippen LogP contribution is -2.42. The second kappa shape index (κ2) is 10.1. The fourth-order valence-electron chi connectivity index (χ4n) is 4.13. The van der Waals surface area contributed by atoms with Crippen LogP contribution in [0.5, 0.6) is 0 Å². The van der Waals surface area contributed by atoms with Crippen LogP contribution in [0.25, 0.3) is 11.3 Å². The van der Waals surface area contributed by atoms with Gasteiger partial charge in [-0.05, 0) is 43.3 Å². The maximum absolute atomic E-state index is 15.2. The Morgan fingerprint density at radius 2 is 1.81 bits per heavy atom. The van der Waals surface area contributed by atoms with Crippen molar-refractivity contribution >= 4 is 64.0 Å². The summed E-state index contributed by atoms with van der Waals surface area (Å²) in [5.74, 6) is -0.840. The fourth-order valence-corrected chi connectivity index (χ4v) is 7.82. The van der Waals surface area contributed by atoms with Crippen LogP contribution in [0.2, 0.25) is 30.2 Å². The summed E-state index contributed by atoms with van der Waals surface area (Å²) in [5.41, 5.74) is 2.11. The van der Waals surface area contributed by atoms with Crippen LogP contribution in [0.15, 0.2) is 36.5 Å². The molecule has 1 fully saturated rings. The van der Waals surface area contributed by atoms with Crippen molar-refractivity contribution in [2.45, 2.75) is 32.1 Å². The zero-order valence-corrected chi connectivity index (χ0v) is 23.9. The number of aromatic nitrogens is 1. The molecule has 1 amide bonds. The highest BCUT2D eigenvalue weighted by molar-refractivity contribution is 7.92. The number of hydrogen-bond donors (Lipinski definition) is 2. The summed E-state index contributed by atoms with van der Waals surface area (Å²) in [6, 6.07) is 9.93. The molecule has 12 heteroatoms. The average Bonchev–Trinajstić information content (AvgIpc) is 3.13. The molecule has 0 spiro atoms. The molecule has 1 saturated heterocycles.